The van der Waals surface area contributed by atoms with Gasteiger partial charge in [0.2, 0.25) is 0 Å². The summed E-state index contributed by atoms with van der Waals surface area (Å²) in [6.07, 6.45) is 1.94. The van der Waals surface area contributed by atoms with Crippen LogP contribution in [0.2, 0.25) is 0 Å². The van der Waals surface area contributed by atoms with Crippen molar-refractivity contribution >= 4 is 5.97 Å². The molecule has 0 aliphatic carbocycles. The number of hydrogen-bond acceptors (Lipinski definition) is 2. The summed E-state index contributed by atoms with van der Waals surface area (Å²) in [4.78, 5) is 10.7. The molecule has 1 aromatic carbocycles. The van der Waals surface area contributed by atoms with Gasteiger partial charge in [0.1, 0.15) is 5.82 Å². The van der Waals surface area contributed by atoms with E-state index in [1.54, 1.807) is 6.07 Å². The van der Waals surface area contributed by atoms with Gasteiger partial charge in [0.15, 0.2) is 0 Å². The highest BCUT2D eigenvalue weighted by atomic mass is 19.1. The van der Waals surface area contributed by atoms with Crippen LogP contribution in [0.25, 0.3) is 0 Å². The van der Waals surface area contributed by atoms with E-state index in [-0.39, 0.29) is 18.3 Å². The molecule has 16 heavy (non-hydrogen) atoms. The van der Waals surface area contributed by atoms with Crippen molar-refractivity contribution in [3.63, 3.8) is 0 Å². The molecule has 0 aromatic heterocycles. The first-order valence-corrected chi connectivity index (χ1v) is 5.40. The SMILES string of the molecule is O=C(O)Cc1ccc(F)cc1[C@H]1CCCN1. The molecule has 0 spiro atoms. The molecule has 0 radical (unpaired) electrons. The monoisotopic (exact) mass is 223 g/mol. The van der Waals surface area contributed by atoms with Crippen LogP contribution in [-0.2, 0) is 11.2 Å². The summed E-state index contributed by atoms with van der Waals surface area (Å²) >= 11 is 0. The molecule has 3 nitrogen and oxygen atoms in total. The molecule has 0 amide bonds. The van der Waals surface area contributed by atoms with Crippen LogP contribution in [0.3, 0.4) is 0 Å². The van der Waals surface area contributed by atoms with Crippen LogP contribution in [0.1, 0.15) is 30.0 Å². The zero-order valence-electron chi connectivity index (χ0n) is 8.87. The van der Waals surface area contributed by atoms with Crippen LogP contribution >= 0.6 is 0 Å². The molecule has 1 aliphatic rings. The van der Waals surface area contributed by atoms with Crippen LogP contribution in [0.5, 0.6) is 0 Å². The maximum Gasteiger partial charge on any atom is 0.307 e. The summed E-state index contributed by atoms with van der Waals surface area (Å²) in [5, 5.41) is 12.0. The van der Waals surface area contributed by atoms with E-state index in [4.69, 9.17) is 5.11 Å². The molecule has 1 saturated heterocycles. The van der Waals surface area contributed by atoms with E-state index in [1.807, 2.05) is 0 Å². The van der Waals surface area contributed by atoms with Crippen molar-refractivity contribution < 1.29 is 14.3 Å². The molecule has 4 heteroatoms. The fraction of sp³-hybridized carbons (Fsp3) is 0.417. The summed E-state index contributed by atoms with van der Waals surface area (Å²) in [5.41, 5.74) is 1.49. The van der Waals surface area contributed by atoms with Crippen LogP contribution in [0, 0.1) is 5.82 Å². The first kappa shape index (κ1) is 11.1. The summed E-state index contributed by atoms with van der Waals surface area (Å²) in [6, 6.07) is 4.43. The Kier molecular flexibility index (Phi) is 3.19. The molecular weight excluding hydrogens is 209 g/mol. The Hall–Kier alpha value is -1.42. The Morgan fingerprint density at radius 1 is 1.56 bits per heavy atom. The minimum Gasteiger partial charge on any atom is -0.481 e. The van der Waals surface area contributed by atoms with Crippen molar-refractivity contribution in [2.75, 3.05) is 6.54 Å². The molecule has 1 aliphatic heterocycles. The molecule has 1 atom stereocenters. The average molecular weight is 223 g/mol. The van der Waals surface area contributed by atoms with Gasteiger partial charge in [-0.25, -0.2) is 4.39 Å². The Labute approximate surface area is 93.3 Å². The normalized spacial score (nSPS) is 19.9. The van der Waals surface area contributed by atoms with Crippen molar-refractivity contribution in [1.29, 1.82) is 0 Å². The van der Waals surface area contributed by atoms with E-state index >= 15 is 0 Å². The molecular formula is C12H14FNO2. The lowest BCUT2D eigenvalue weighted by atomic mass is 9.97. The number of nitrogens with one attached hydrogen (secondary N) is 1. The largest absolute Gasteiger partial charge is 0.481 e. The van der Waals surface area contributed by atoms with Gasteiger partial charge in [0.05, 0.1) is 6.42 Å². The third-order valence-electron chi connectivity index (χ3n) is 2.89. The van der Waals surface area contributed by atoms with E-state index in [9.17, 15) is 9.18 Å². The summed E-state index contributed by atoms with van der Waals surface area (Å²) in [5.74, 6) is -1.19. The second-order valence-corrected chi connectivity index (χ2v) is 4.06. The first-order chi connectivity index (χ1) is 7.66. The lowest BCUT2D eigenvalue weighted by molar-refractivity contribution is -0.136. The predicted molar refractivity (Wildman–Crippen MR) is 57.7 cm³/mol. The highest BCUT2D eigenvalue weighted by molar-refractivity contribution is 5.70. The lowest BCUT2D eigenvalue weighted by Gasteiger charge is -2.15. The Bertz CT molecular complexity index is 400. The highest BCUT2D eigenvalue weighted by Crippen LogP contribution is 2.27. The van der Waals surface area contributed by atoms with Crippen molar-refractivity contribution in [3.05, 3.63) is 35.1 Å². The number of carboxylic acid groups (broad SMARTS) is 1. The van der Waals surface area contributed by atoms with Gasteiger partial charge in [-0.3, -0.25) is 4.79 Å². The molecule has 1 aromatic rings. The summed E-state index contributed by atoms with van der Waals surface area (Å²) < 4.78 is 13.2. The van der Waals surface area contributed by atoms with E-state index in [2.05, 4.69) is 5.32 Å². The molecule has 1 fully saturated rings. The summed E-state index contributed by atoms with van der Waals surface area (Å²) in [7, 11) is 0. The topological polar surface area (TPSA) is 49.3 Å². The number of hydrogen-bond donors (Lipinski definition) is 2. The number of aliphatic carboxylic acids is 1. The van der Waals surface area contributed by atoms with Gasteiger partial charge < -0.3 is 10.4 Å². The maximum atomic E-state index is 13.2. The second kappa shape index (κ2) is 4.61. The quantitative estimate of drug-likeness (QED) is 0.822. The summed E-state index contributed by atoms with van der Waals surface area (Å²) in [6.45, 7) is 0.910. The minimum atomic E-state index is -0.883. The fourth-order valence-corrected chi connectivity index (χ4v) is 2.16. The Morgan fingerprint density at radius 2 is 2.38 bits per heavy atom. The third-order valence-corrected chi connectivity index (χ3v) is 2.89. The van der Waals surface area contributed by atoms with Gasteiger partial charge in [0, 0.05) is 6.04 Å². The number of rotatable bonds is 3. The second-order valence-electron chi connectivity index (χ2n) is 4.06. The highest BCUT2D eigenvalue weighted by Gasteiger charge is 2.20. The number of carboxylic acids is 1. The van der Waals surface area contributed by atoms with E-state index in [1.165, 1.54) is 12.1 Å². The maximum absolute atomic E-state index is 13.2. The smallest absolute Gasteiger partial charge is 0.307 e. The molecule has 2 N–H and O–H groups in total. The average Bonchev–Trinajstić information content (AvgIpc) is 2.73. The zero-order valence-corrected chi connectivity index (χ0v) is 8.87. The third kappa shape index (κ3) is 2.39. The van der Waals surface area contributed by atoms with Crippen molar-refractivity contribution in [2.24, 2.45) is 0 Å². The van der Waals surface area contributed by atoms with Gasteiger partial charge in [-0.1, -0.05) is 6.07 Å². The van der Waals surface area contributed by atoms with Gasteiger partial charge >= 0.3 is 5.97 Å². The van der Waals surface area contributed by atoms with Gasteiger partial charge in [-0.05, 0) is 42.6 Å². The predicted octanol–water partition coefficient (Wildman–Crippen LogP) is 1.88. The number of halogens is 1. The van der Waals surface area contributed by atoms with E-state index < -0.39 is 5.97 Å². The Balaban J connectivity index is 2.31. The first-order valence-electron chi connectivity index (χ1n) is 5.40. The number of benzene rings is 1. The minimum absolute atomic E-state index is 0.0478. The standard InChI is InChI=1S/C12H14FNO2/c13-9-4-3-8(6-12(15)16)10(7-9)11-2-1-5-14-11/h3-4,7,11,14H,1-2,5-6H2,(H,15,16)/t11-/m1/s1. The van der Waals surface area contributed by atoms with Crippen LogP contribution < -0.4 is 5.32 Å². The Morgan fingerprint density at radius 3 is 3.00 bits per heavy atom. The van der Waals surface area contributed by atoms with Crippen molar-refractivity contribution in [1.82, 2.24) is 5.32 Å². The van der Waals surface area contributed by atoms with E-state index in [0.717, 1.165) is 24.9 Å². The van der Waals surface area contributed by atoms with Crippen LogP contribution in [0.15, 0.2) is 18.2 Å². The molecule has 2 rings (SSSR count). The van der Waals surface area contributed by atoms with Crippen molar-refractivity contribution in [3.8, 4) is 0 Å². The van der Waals surface area contributed by atoms with Crippen LogP contribution in [-0.4, -0.2) is 17.6 Å². The number of carbonyl (C=O) groups is 1. The van der Waals surface area contributed by atoms with Gasteiger partial charge in [-0.2, -0.15) is 0 Å². The van der Waals surface area contributed by atoms with E-state index in [0.29, 0.717) is 5.56 Å². The van der Waals surface area contributed by atoms with Crippen LogP contribution in [0.4, 0.5) is 4.39 Å². The van der Waals surface area contributed by atoms with Gasteiger partial charge in [-0.15, -0.1) is 0 Å². The molecule has 0 saturated carbocycles. The zero-order chi connectivity index (χ0) is 11.5. The lowest BCUT2D eigenvalue weighted by Crippen LogP contribution is -2.16. The molecule has 0 bridgehead atoms. The van der Waals surface area contributed by atoms with Gasteiger partial charge in [0.25, 0.3) is 0 Å². The van der Waals surface area contributed by atoms with Crippen molar-refractivity contribution in [2.45, 2.75) is 25.3 Å². The molecule has 86 valence electrons. The fourth-order valence-electron chi connectivity index (χ4n) is 2.16. The molecule has 1 heterocycles. The molecule has 0 unspecified atom stereocenters.